The van der Waals surface area contributed by atoms with Crippen LogP contribution in [-0.2, 0) is 4.74 Å². The molecule has 0 aliphatic carbocycles. The SMILES string of the molecule is CCCCCCC(S)(C#N)[Si]=C(O)C(CO)OCC. The topological polar surface area (TPSA) is 73.5 Å². The molecule has 109 valence electrons. The molecule has 1 radical (unpaired) electrons. The maximum atomic E-state index is 9.95. The average Bonchev–Trinajstić information content (AvgIpc) is 2.40. The number of aliphatic hydroxyl groups excluding tert-OH is 2. The third kappa shape index (κ3) is 7.73. The zero-order valence-corrected chi connectivity index (χ0v) is 13.6. The number of hydrogen-bond donors (Lipinski definition) is 3. The molecule has 4 nitrogen and oxygen atoms in total. The average molecular weight is 302 g/mol. The van der Waals surface area contributed by atoms with Crippen LogP contribution in [0.3, 0.4) is 0 Å². The number of ether oxygens (including phenoxy) is 1. The second-order valence-electron chi connectivity index (χ2n) is 4.42. The van der Waals surface area contributed by atoms with Crippen LogP contribution in [0.2, 0.25) is 0 Å². The standard InChI is InChI=1S/C13H24NO3SSi/c1-3-5-6-7-8-13(18,10-14)19-12(16)11(9-15)17-4-2/h11,15-16,18H,3-9H2,1-2H3. The fourth-order valence-corrected chi connectivity index (χ4v) is 3.28. The van der Waals surface area contributed by atoms with Gasteiger partial charge >= 0.3 is 0 Å². The van der Waals surface area contributed by atoms with Crippen molar-refractivity contribution in [2.45, 2.75) is 56.4 Å². The molecule has 19 heavy (non-hydrogen) atoms. The zero-order valence-electron chi connectivity index (χ0n) is 11.7. The molecule has 0 aliphatic rings. The van der Waals surface area contributed by atoms with E-state index in [1.54, 1.807) is 6.92 Å². The normalized spacial score (nSPS) is 16.7. The van der Waals surface area contributed by atoms with Crippen molar-refractivity contribution in [3.63, 3.8) is 0 Å². The lowest BCUT2D eigenvalue weighted by Gasteiger charge is -2.19. The summed E-state index contributed by atoms with van der Waals surface area (Å²) in [4.78, 5) is 0. The Morgan fingerprint density at radius 2 is 2.11 bits per heavy atom. The first-order chi connectivity index (χ1) is 9.02. The van der Waals surface area contributed by atoms with E-state index >= 15 is 0 Å². The maximum Gasteiger partial charge on any atom is 0.132 e. The molecule has 0 amide bonds. The van der Waals surface area contributed by atoms with E-state index < -0.39 is 10.5 Å². The summed E-state index contributed by atoms with van der Waals surface area (Å²) in [5.74, 6) is 0. The van der Waals surface area contributed by atoms with E-state index in [0.29, 0.717) is 13.0 Å². The Morgan fingerprint density at radius 1 is 1.42 bits per heavy atom. The number of thiol groups is 1. The molecule has 0 aromatic rings. The van der Waals surface area contributed by atoms with E-state index in [1.165, 1.54) is 0 Å². The number of nitrogens with zero attached hydrogens (tertiary/aromatic N) is 1. The van der Waals surface area contributed by atoms with Gasteiger partial charge in [-0.15, -0.1) is 0 Å². The van der Waals surface area contributed by atoms with Crippen LogP contribution in [0.4, 0.5) is 0 Å². The lowest BCUT2D eigenvalue weighted by Crippen LogP contribution is -2.36. The Morgan fingerprint density at radius 3 is 2.58 bits per heavy atom. The first kappa shape index (κ1) is 18.6. The summed E-state index contributed by atoms with van der Waals surface area (Å²) >= 11 is 4.39. The Labute approximate surface area is 123 Å². The lowest BCUT2D eigenvalue weighted by molar-refractivity contribution is 0.0545. The second-order valence-corrected chi connectivity index (χ2v) is 7.22. The molecule has 0 aromatic heterocycles. The molecule has 0 saturated heterocycles. The summed E-state index contributed by atoms with van der Waals surface area (Å²) in [6, 6.07) is 2.17. The highest BCUT2D eigenvalue weighted by Gasteiger charge is 2.26. The highest BCUT2D eigenvalue weighted by molar-refractivity contribution is 7.83. The van der Waals surface area contributed by atoms with E-state index in [-0.39, 0.29) is 21.1 Å². The van der Waals surface area contributed by atoms with Gasteiger partial charge in [0.15, 0.2) is 0 Å². The molecule has 2 unspecified atom stereocenters. The molecule has 0 fully saturated rings. The van der Waals surface area contributed by atoms with E-state index in [9.17, 15) is 10.4 Å². The third-order valence-corrected chi connectivity index (χ3v) is 4.76. The molecule has 0 saturated carbocycles. The van der Waals surface area contributed by atoms with Gasteiger partial charge < -0.3 is 14.9 Å². The first-order valence-electron chi connectivity index (χ1n) is 6.73. The van der Waals surface area contributed by atoms with Crippen LogP contribution in [-0.4, -0.2) is 48.4 Å². The summed E-state index contributed by atoms with van der Waals surface area (Å²) in [6.45, 7) is 4.05. The van der Waals surface area contributed by atoms with Crippen LogP contribution >= 0.6 is 12.6 Å². The molecular weight excluding hydrogens is 278 g/mol. The smallest absolute Gasteiger partial charge is 0.132 e. The molecular formula is C13H24NO3SSi. The maximum absolute atomic E-state index is 9.95. The van der Waals surface area contributed by atoms with Crippen LogP contribution < -0.4 is 0 Å². The van der Waals surface area contributed by atoms with Gasteiger partial charge in [0.2, 0.25) is 0 Å². The summed E-state index contributed by atoms with van der Waals surface area (Å²) < 4.78 is 4.35. The fraction of sp³-hybridized carbons (Fsp3) is 0.846. The van der Waals surface area contributed by atoms with Crippen molar-refractivity contribution in [1.29, 1.82) is 5.26 Å². The Hall–Kier alpha value is -0.353. The monoisotopic (exact) mass is 302 g/mol. The van der Waals surface area contributed by atoms with Gasteiger partial charge in [-0.1, -0.05) is 32.6 Å². The summed E-state index contributed by atoms with van der Waals surface area (Å²) in [5, 5.41) is 28.3. The molecule has 2 atom stereocenters. The third-order valence-electron chi connectivity index (χ3n) is 2.75. The van der Waals surface area contributed by atoms with E-state index in [4.69, 9.17) is 9.84 Å². The first-order valence-corrected chi connectivity index (χ1v) is 8.17. The number of aliphatic hydroxyl groups is 2. The van der Waals surface area contributed by atoms with Gasteiger partial charge in [0.1, 0.15) is 19.6 Å². The quantitative estimate of drug-likeness (QED) is 0.326. The number of nitriles is 1. The van der Waals surface area contributed by atoms with Gasteiger partial charge in [-0.05, 0) is 13.3 Å². The Bertz CT molecular complexity index is 320. The van der Waals surface area contributed by atoms with Crippen molar-refractivity contribution < 1.29 is 14.9 Å². The highest BCUT2D eigenvalue weighted by Crippen LogP contribution is 2.19. The van der Waals surface area contributed by atoms with Crippen molar-refractivity contribution in [3.8, 4) is 6.07 Å². The van der Waals surface area contributed by atoms with Gasteiger partial charge in [0.25, 0.3) is 0 Å². The van der Waals surface area contributed by atoms with Crippen LogP contribution in [0.5, 0.6) is 0 Å². The van der Waals surface area contributed by atoms with E-state index in [0.717, 1.165) is 25.7 Å². The molecule has 2 N–H and O–H groups in total. The van der Waals surface area contributed by atoms with Gasteiger partial charge in [-0.3, -0.25) is 0 Å². The van der Waals surface area contributed by atoms with Gasteiger partial charge in [-0.2, -0.15) is 17.9 Å². The van der Waals surface area contributed by atoms with Crippen LogP contribution in [0, 0.1) is 11.3 Å². The Kier molecular flexibility index (Phi) is 10.2. The van der Waals surface area contributed by atoms with Crippen molar-refractivity contribution in [3.05, 3.63) is 0 Å². The highest BCUT2D eigenvalue weighted by atomic mass is 32.1. The van der Waals surface area contributed by atoms with Gasteiger partial charge in [0, 0.05) is 6.61 Å². The molecule has 0 aromatic carbocycles. The minimum Gasteiger partial charge on any atom is -0.515 e. The molecule has 6 heteroatoms. The second kappa shape index (κ2) is 10.4. The predicted octanol–water partition coefficient (Wildman–Crippen LogP) is 1.71. The van der Waals surface area contributed by atoms with Crippen LogP contribution in [0.1, 0.15) is 46.0 Å². The number of rotatable bonds is 10. The fourth-order valence-electron chi connectivity index (χ4n) is 1.67. The largest absolute Gasteiger partial charge is 0.515 e. The molecule has 0 aliphatic heterocycles. The molecule has 0 heterocycles. The van der Waals surface area contributed by atoms with E-state index in [1.807, 2.05) is 0 Å². The van der Waals surface area contributed by atoms with Crippen molar-refractivity contribution in [2.24, 2.45) is 0 Å². The zero-order chi connectivity index (χ0) is 14.7. The van der Waals surface area contributed by atoms with Crippen LogP contribution in [0.15, 0.2) is 0 Å². The minimum atomic E-state index is -0.859. The number of hydrogen-bond acceptors (Lipinski definition) is 5. The van der Waals surface area contributed by atoms with Crippen molar-refractivity contribution in [1.82, 2.24) is 0 Å². The summed E-state index contributed by atoms with van der Waals surface area (Å²) in [6.07, 6.45) is 4.21. The lowest BCUT2D eigenvalue weighted by atomic mass is 10.1. The van der Waals surface area contributed by atoms with E-state index in [2.05, 4.69) is 25.6 Å². The predicted molar refractivity (Wildman–Crippen MR) is 81.3 cm³/mol. The van der Waals surface area contributed by atoms with Crippen molar-refractivity contribution in [2.75, 3.05) is 13.2 Å². The van der Waals surface area contributed by atoms with Gasteiger partial charge in [-0.25, -0.2) is 0 Å². The Balaban J connectivity index is 4.60. The summed E-state index contributed by atoms with van der Waals surface area (Å²) in [7, 11) is -0.151. The van der Waals surface area contributed by atoms with Gasteiger partial charge in [0.05, 0.1) is 18.0 Å². The molecule has 0 spiro atoms. The summed E-state index contributed by atoms with van der Waals surface area (Å²) in [5.41, 5.74) is 0. The molecule has 0 bridgehead atoms. The van der Waals surface area contributed by atoms with Crippen molar-refractivity contribution >= 4 is 27.1 Å². The number of unbranched alkanes of at least 4 members (excludes halogenated alkanes) is 3. The van der Waals surface area contributed by atoms with Crippen LogP contribution in [0.25, 0.3) is 0 Å². The minimum absolute atomic E-state index is 0.0244. The molecule has 0 rings (SSSR count).